The first-order chi connectivity index (χ1) is 31.1. The van der Waals surface area contributed by atoms with Crippen molar-refractivity contribution in [1.82, 2.24) is 0 Å². The number of unbranched alkanes of at least 4 members (excludes halogenated alkanes) is 11. The van der Waals surface area contributed by atoms with Crippen LogP contribution in [-0.4, -0.2) is 75.5 Å². The Morgan fingerprint density at radius 1 is 0.469 bits per heavy atom. The summed E-state index contributed by atoms with van der Waals surface area (Å²) in [5, 5.41) is 11.7. The van der Waals surface area contributed by atoms with Crippen molar-refractivity contribution in [3.05, 3.63) is 109 Å². The molecule has 2 unspecified atom stereocenters. The standard InChI is InChI=1S/C56H91NO7/c1-6-8-10-12-14-16-18-20-22-24-26-27-29-30-32-34-36-38-40-42-44-46-54(58)63-51-52(50-62-49-48-53(56(60)61)57(3,4)5)64-55(59)47-45-43-41-39-37-35-33-31-28-25-23-21-19-17-15-13-11-9-7-2/h8-11,14-17,20-23,26-28,31,35,37,52-53H,6-7,12-13,18-19,24-25,29-30,32-34,36,38-51H2,1-5H3/b10-8-,11-9-,16-14-,17-15-,22-20-,23-21-,27-26-,31-28-,37-35-. The lowest BCUT2D eigenvalue weighted by Gasteiger charge is -2.34. The third kappa shape index (κ3) is 43.3. The monoisotopic (exact) mass is 890 g/mol. The summed E-state index contributed by atoms with van der Waals surface area (Å²) in [5.74, 6) is -1.80. The molecule has 0 aromatic rings. The van der Waals surface area contributed by atoms with Gasteiger partial charge in [-0.25, -0.2) is 0 Å². The first-order valence-electron chi connectivity index (χ1n) is 24.9. The summed E-state index contributed by atoms with van der Waals surface area (Å²) < 4.78 is 17.2. The van der Waals surface area contributed by atoms with Gasteiger partial charge >= 0.3 is 11.9 Å². The van der Waals surface area contributed by atoms with Gasteiger partial charge in [0, 0.05) is 19.3 Å². The van der Waals surface area contributed by atoms with Crippen molar-refractivity contribution in [2.24, 2.45) is 0 Å². The van der Waals surface area contributed by atoms with Gasteiger partial charge in [-0.05, 0) is 96.3 Å². The summed E-state index contributed by atoms with van der Waals surface area (Å²) in [6.07, 6.45) is 62.6. The number of rotatable bonds is 43. The average molecular weight is 890 g/mol. The summed E-state index contributed by atoms with van der Waals surface area (Å²) >= 11 is 0. The van der Waals surface area contributed by atoms with E-state index in [1.807, 2.05) is 0 Å². The van der Waals surface area contributed by atoms with Crippen LogP contribution < -0.4 is 5.11 Å². The smallest absolute Gasteiger partial charge is 0.306 e. The van der Waals surface area contributed by atoms with Crippen molar-refractivity contribution in [1.29, 1.82) is 0 Å². The molecule has 0 aliphatic heterocycles. The summed E-state index contributed by atoms with van der Waals surface area (Å²) in [6, 6.07) is -0.741. The van der Waals surface area contributed by atoms with E-state index in [9.17, 15) is 19.5 Å². The minimum Gasteiger partial charge on any atom is -0.544 e. The number of nitrogens with zero attached hydrogens (tertiary/aromatic N) is 1. The minimum absolute atomic E-state index is 0.0173. The topological polar surface area (TPSA) is 102 Å². The number of carbonyl (C=O) groups excluding carboxylic acids is 3. The largest absolute Gasteiger partial charge is 0.544 e. The summed E-state index contributed by atoms with van der Waals surface area (Å²) in [6.45, 7) is 4.38. The Morgan fingerprint density at radius 2 is 0.828 bits per heavy atom. The number of hydrogen-bond acceptors (Lipinski definition) is 7. The molecule has 362 valence electrons. The van der Waals surface area contributed by atoms with Crippen molar-refractivity contribution >= 4 is 17.9 Å². The van der Waals surface area contributed by atoms with Crippen LogP contribution in [0.3, 0.4) is 0 Å². The van der Waals surface area contributed by atoms with Gasteiger partial charge in [-0.3, -0.25) is 9.59 Å². The number of carboxylic acid groups (broad SMARTS) is 1. The number of ether oxygens (including phenoxy) is 3. The Hall–Kier alpha value is -4.01. The Bertz CT molecular complexity index is 1410. The van der Waals surface area contributed by atoms with Gasteiger partial charge in [0.15, 0.2) is 6.10 Å². The van der Waals surface area contributed by atoms with Crippen LogP contribution in [0.4, 0.5) is 0 Å². The minimum atomic E-state index is -1.14. The van der Waals surface area contributed by atoms with Crippen LogP contribution in [0.15, 0.2) is 109 Å². The summed E-state index contributed by atoms with van der Waals surface area (Å²) in [7, 11) is 5.39. The Kier molecular flexibility index (Phi) is 42.7. The SMILES string of the molecule is CC/C=C\C/C=C\C/C=C\C/C=C\C/C=C\CCCCCC(=O)OC(COCCC(C(=O)[O-])[N+](C)(C)C)COC(=O)CCCCCCCCCC/C=C\C/C=C\C/C=C\C/C=C\CC. The van der Waals surface area contributed by atoms with E-state index in [2.05, 4.69) is 123 Å². The molecule has 0 aromatic carbocycles. The molecule has 8 nitrogen and oxygen atoms in total. The molecule has 0 saturated heterocycles. The van der Waals surface area contributed by atoms with Crippen molar-refractivity contribution < 1.29 is 38.2 Å². The van der Waals surface area contributed by atoms with E-state index >= 15 is 0 Å². The third-order valence-corrected chi connectivity index (χ3v) is 10.4. The Balaban J connectivity index is 4.36. The maximum atomic E-state index is 12.8. The molecule has 0 amide bonds. The fourth-order valence-electron chi connectivity index (χ4n) is 6.62. The molecule has 64 heavy (non-hydrogen) atoms. The van der Waals surface area contributed by atoms with Gasteiger partial charge in [0.2, 0.25) is 0 Å². The Labute approximate surface area is 391 Å². The lowest BCUT2D eigenvalue weighted by molar-refractivity contribution is -0.889. The third-order valence-electron chi connectivity index (χ3n) is 10.4. The maximum absolute atomic E-state index is 12.8. The number of quaternary nitrogens is 1. The zero-order chi connectivity index (χ0) is 47.0. The zero-order valence-electron chi connectivity index (χ0n) is 41.2. The van der Waals surface area contributed by atoms with E-state index in [1.54, 1.807) is 21.1 Å². The summed E-state index contributed by atoms with van der Waals surface area (Å²) in [4.78, 5) is 37.0. The van der Waals surface area contributed by atoms with E-state index in [-0.39, 0.29) is 49.1 Å². The lowest BCUT2D eigenvalue weighted by Crippen LogP contribution is -2.55. The molecule has 0 N–H and O–H groups in total. The zero-order valence-corrected chi connectivity index (χ0v) is 41.2. The fourth-order valence-corrected chi connectivity index (χ4v) is 6.62. The molecule has 0 saturated carbocycles. The van der Waals surface area contributed by atoms with E-state index < -0.39 is 18.1 Å². The highest BCUT2D eigenvalue weighted by Gasteiger charge is 2.25. The van der Waals surface area contributed by atoms with Crippen molar-refractivity contribution in [2.45, 2.75) is 187 Å². The van der Waals surface area contributed by atoms with E-state index in [0.717, 1.165) is 103 Å². The fraction of sp³-hybridized carbons (Fsp3) is 0.625. The number of likely N-dealkylation sites (N-methyl/N-ethyl adjacent to an activating group) is 1. The van der Waals surface area contributed by atoms with Gasteiger partial charge in [0.05, 0.1) is 40.3 Å². The predicted octanol–water partition coefficient (Wildman–Crippen LogP) is 13.1. The van der Waals surface area contributed by atoms with Crippen LogP contribution in [0.2, 0.25) is 0 Å². The molecular formula is C56H91NO7. The number of esters is 2. The molecule has 0 radical (unpaired) electrons. The second-order valence-electron chi connectivity index (χ2n) is 17.3. The Morgan fingerprint density at radius 3 is 1.23 bits per heavy atom. The number of aliphatic carboxylic acids is 1. The van der Waals surface area contributed by atoms with Gasteiger partial charge in [-0.1, -0.05) is 168 Å². The van der Waals surface area contributed by atoms with E-state index in [0.29, 0.717) is 12.8 Å². The van der Waals surface area contributed by atoms with Crippen LogP contribution in [0, 0.1) is 0 Å². The average Bonchev–Trinajstić information content (AvgIpc) is 3.26. The van der Waals surface area contributed by atoms with Crippen LogP contribution in [0.5, 0.6) is 0 Å². The van der Waals surface area contributed by atoms with Crippen molar-refractivity contribution in [2.75, 3.05) is 41.0 Å². The van der Waals surface area contributed by atoms with Crippen LogP contribution in [0.25, 0.3) is 0 Å². The van der Waals surface area contributed by atoms with Gasteiger partial charge in [-0.15, -0.1) is 0 Å². The predicted molar refractivity (Wildman–Crippen MR) is 268 cm³/mol. The molecule has 0 aliphatic rings. The first-order valence-corrected chi connectivity index (χ1v) is 24.9. The van der Waals surface area contributed by atoms with Gasteiger partial charge in [0.1, 0.15) is 12.6 Å². The van der Waals surface area contributed by atoms with Crippen LogP contribution >= 0.6 is 0 Å². The molecule has 0 spiro atoms. The summed E-state index contributed by atoms with van der Waals surface area (Å²) in [5.41, 5.74) is 0. The molecule has 8 heteroatoms. The molecular weight excluding hydrogens is 799 g/mol. The quantitative estimate of drug-likeness (QED) is 0.0260. The van der Waals surface area contributed by atoms with E-state index in [1.165, 1.54) is 32.1 Å². The van der Waals surface area contributed by atoms with Crippen molar-refractivity contribution in [3.63, 3.8) is 0 Å². The number of hydrogen-bond donors (Lipinski definition) is 0. The second-order valence-corrected chi connectivity index (χ2v) is 17.3. The maximum Gasteiger partial charge on any atom is 0.306 e. The molecule has 0 heterocycles. The number of carbonyl (C=O) groups is 3. The second kappa shape index (κ2) is 45.6. The molecule has 0 rings (SSSR count). The highest BCUT2D eigenvalue weighted by atomic mass is 16.6. The molecule has 0 aromatic heterocycles. The first kappa shape index (κ1) is 60.0. The molecule has 0 bridgehead atoms. The highest BCUT2D eigenvalue weighted by Crippen LogP contribution is 2.13. The normalized spacial score (nSPS) is 13.8. The molecule has 0 fully saturated rings. The van der Waals surface area contributed by atoms with Gasteiger partial charge in [-0.2, -0.15) is 0 Å². The van der Waals surface area contributed by atoms with Crippen LogP contribution in [-0.2, 0) is 28.6 Å². The lowest BCUT2D eigenvalue weighted by atomic mass is 10.1. The molecule has 0 aliphatic carbocycles. The van der Waals surface area contributed by atoms with Crippen LogP contribution in [0.1, 0.15) is 174 Å². The number of allylic oxidation sites excluding steroid dienone is 18. The van der Waals surface area contributed by atoms with Crippen molar-refractivity contribution in [3.8, 4) is 0 Å². The van der Waals surface area contributed by atoms with Gasteiger partial charge < -0.3 is 28.6 Å². The number of carboxylic acids is 1. The molecule has 2 atom stereocenters. The highest BCUT2D eigenvalue weighted by molar-refractivity contribution is 5.70. The van der Waals surface area contributed by atoms with Gasteiger partial charge in [0.25, 0.3) is 0 Å². The van der Waals surface area contributed by atoms with E-state index in [4.69, 9.17) is 14.2 Å².